The molecule has 9 heteroatoms. The lowest BCUT2D eigenvalue weighted by Gasteiger charge is -2.16. The van der Waals surface area contributed by atoms with Gasteiger partial charge >= 0.3 is 6.01 Å². The van der Waals surface area contributed by atoms with Crippen LogP contribution in [0, 0.1) is 0 Å². The molecule has 0 bridgehead atoms. The van der Waals surface area contributed by atoms with Crippen LogP contribution in [0.1, 0.15) is 0 Å². The van der Waals surface area contributed by atoms with Crippen LogP contribution < -0.4 is 9.64 Å². The van der Waals surface area contributed by atoms with Crippen molar-refractivity contribution in [1.29, 1.82) is 0 Å². The first kappa shape index (κ1) is 13.9. The van der Waals surface area contributed by atoms with Gasteiger partial charge in [0.05, 0.1) is 12.9 Å². The van der Waals surface area contributed by atoms with E-state index < -0.39 is 9.84 Å². The molecule has 0 aromatic carbocycles. The van der Waals surface area contributed by atoms with Gasteiger partial charge in [0, 0.05) is 19.8 Å². The minimum Gasteiger partial charge on any atom is -0.467 e. The highest BCUT2D eigenvalue weighted by molar-refractivity contribution is 7.90. The van der Waals surface area contributed by atoms with Crippen LogP contribution in [-0.4, -0.2) is 56.1 Å². The van der Waals surface area contributed by atoms with E-state index in [1.165, 1.54) is 13.4 Å². The van der Waals surface area contributed by atoms with Crippen molar-refractivity contribution >= 4 is 27.4 Å². The Hall–Kier alpha value is -1.15. The smallest absolute Gasteiger partial charge is 0.322 e. The van der Waals surface area contributed by atoms with Crippen LogP contribution in [0.15, 0.2) is 0 Å². The molecule has 0 radical (unpaired) electrons. The number of hydrogen-bond donors (Lipinski definition) is 0. The largest absolute Gasteiger partial charge is 0.467 e. The van der Waals surface area contributed by atoms with E-state index in [1.807, 2.05) is 0 Å². The number of sulfone groups is 1. The summed E-state index contributed by atoms with van der Waals surface area (Å²) in [5, 5.41) is -0.00180. The molecule has 0 aliphatic rings. The molecule has 0 atom stereocenters. The van der Waals surface area contributed by atoms with Gasteiger partial charge in [-0.15, -0.1) is 0 Å². The maximum absolute atomic E-state index is 11.0. The molecule has 0 N–H and O–H groups in total. The lowest BCUT2D eigenvalue weighted by molar-refractivity contribution is 0.378. The fraction of sp³-hybridized carbons (Fsp3) is 0.625. The lowest BCUT2D eigenvalue weighted by atomic mass is 10.6. The molecular formula is C8H13ClN4O3S. The predicted molar refractivity (Wildman–Crippen MR) is 64.4 cm³/mol. The van der Waals surface area contributed by atoms with Gasteiger partial charge in [-0.2, -0.15) is 15.0 Å². The van der Waals surface area contributed by atoms with Crippen molar-refractivity contribution < 1.29 is 13.2 Å². The summed E-state index contributed by atoms with van der Waals surface area (Å²) in [6.45, 7) is 0.266. The van der Waals surface area contributed by atoms with Crippen molar-refractivity contribution in [3.8, 4) is 6.01 Å². The molecule has 0 saturated heterocycles. The maximum Gasteiger partial charge on any atom is 0.322 e. The topological polar surface area (TPSA) is 85.3 Å². The predicted octanol–water partition coefficient (Wildman–Crippen LogP) is 0.0144. The molecule has 0 amide bonds. The summed E-state index contributed by atoms with van der Waals surface area (Å²) in [4.78, 5) is 13.1. The minimum absolute atomic E-state index is 0.00180. The number of anilines is 1. The second-order valence-corrected chi connectivity index (χ2v) is 6.04. The molecule has 1 aromatic heterocycles. The molecule has 1 aromatic rings. The standard InChI is InChI=1S/C8H13ClN4O3S/c1-13(4-5-17(3,14)15)7-10-6(9)11-8(12-7)16-2/h4-5H2,1-3H3. The van der Waals surface area contributed by atoms with Crippen LogP contribution in [0.2, 0.25) is 5.28 Å². The Labute approximate surface area is 105 Å². The van der Waals surface area contributed by atoms with Gasteiger partial charge in [0.25, 0.3) is 0 Å². The average molecular weight is 281 g/mol. The number of ether oxygens (including phenoxy) is 1. The van der Waals surface area contributed by atoms with E-state index in [1.54, 1.807) is 11.9 Å². The van der Waals surface area contributed by atoms with Gasteiger partial charge < -0.3 is 9.64 Å². The highest BCUT2D eigenvalue weighted by Crippen LogP contribution is 2.13. The second kappa shape index (κ2) is 5.46. The van der Waals surface area contributed by atoms with Crippen LogP contribution >= 0.6 is 11.6 Å². The zero-order valence-corrected chi connectivity index (χ0v) is 11.3. The van der Waals surface area contributed by atoms with Gasteiger partial charge in [0.2, 0.25) is 11.2 Å². The van der Waals surface area contributed by atoms with Crippen molar-refractivity contribution in [1.82, 2.24) is 15.0 Å². The minimum atomic E-state index is -3.03. The summed E-state index contributed by atoms with van der Waals surface area (Å²) in [5.41, 5.74) is 0. The highest BCUT2D eigenvalue weighted by Gasteiger charge is 2.11. The molecule has 96 valence electrons. The van der Waals surface area contributed by atoms with Gasteiger partial charge in [-0.3, -0.25) is 0 Å². The van der Waals surface area contributed by atoms with Crippen molar-refractivity contribution in [3.63, 3.8) is 0 Å². The van der Waals surface area contributed by atoms with E-state index in [0.29, 0.717) is 0 Å². The number of aromatic nitrogens is 3. The number of nitrogens with zero attached hydrogens (tertiary/aromatic N) is 4. The summed E-state index contributed by atoms with van der Waals surface area (Å²) in [6.07, 6.45) is 1.17. The first-order valence-electron chi connectivity index (χ1n) is 4.66. The molecular weight excluding hydrogens is 268 g/mol. The SMILES string of the molecule is COc1nc(Cl)nc(N(C)CCS(C)(=O)=O)n1. The fourth-order valence-corrected chi connectivity index (χ4v) is 1.74. The van der Waals surface area contributed by atoms with Gasteiger partial charge in [-0.05, 0) is 11.6 Å². The third-order valence-electron chi connectivity index (χ3n) is 1.90. The Morgan fingerprint density at radius 1 is 1.35 bits per heavy atom. The Morgan fingerprint density at radius 2 is 2.00 bits per heavy atom. The van der Waals surface area contributed by atoms with Crippen molar-refractivity contribution in [2.24, 2.45) is 0 Å². The van der Waals surface area contributed by atoms with Gasteiger partial charge in [-0.1, -0.05) is 0 Å². The quantitative estimate of drug-likeness (QED) is 0.751. The zero-order chi connectivity index (χ0) is 13.1. The molecule has 1 rings (SSSR count). The molecule has 0 fully saturated rings. The molecule has 0 aliphatic heterocycles. The maximum atomic E-state index is 11.0. The Balaban J connectivity index is 2.81. The van der Waals surface area contributed by atoms with Crippen LogP contribution in [0.4, 0.5) is 5.95 Å². The monoisotopic (exact) mass is 280 g/mol. The summed E-state index contributed by atoms with van der Waals surface area (Å²) >= 11 is 5.68. The van der Waals surface area contributed by atoms with Crippen LogP contribution in [0.5, 0.6) is 6.01 Å². The molecule has 0 saturated carbocycles. The Morgan fingerprint density at radius 3 is 2.53 bits per heavy atom. The van der Waals surface area contributed by atoms with E-state index in [0.717, 1.165) is 0 Å². The number of rotatable bonds is 5. The molecule has 17 heavy (non-hydrogen) atoms. The van der Waals surface area contributed by atoms with Gasteiger partial charge in [-0.25, -0.2) is 8.42 Å². The fourth-order valence-electron chi connectivity index (χ4n) is 0.987. The summed E-state index contributed by atoms with van der Waals surface area (Å²) < 4.78 is 26.9. The average Bonchev–Trinajstić information content (AvgIpc) is 2.23. The first-order valence-corrected chi connectivity index (χ1v) is 7.10. The molecule has 0 spiro atoms. The van der Waals surface area contributed by atoms with E-state index in [2.05, 4.69) is 15.0 Å². The van der Waals surface area contributed by atoms with E-state index in [4.69, 9.17) is 16.3 Å². The summed E-state index contributed by atoms with van der Waals surface area (Å²) in [7, 11) is 0.0416. The van der Waals surface area contributed by atoms with Crippen LogP contribution in [0.3, 0.4) is 0 Å². The number of hydrogen-bond acceptors (Lipinski definition) is 7. The van der Waals surface area contributed by atoms with Crippen molar-refractivity contribution in [2.45, 2.75) is 0 Å². The van der Waals surface area contributed by atoms with E-state index in [-0.39, 0.29) is 29.5 Å². The van der Waals surface area contributed by atoms with Crippen molar-refractivity contribution in [2.75, 3.05) is 37.6 Å². The zero-order valence-electron chi connectivity index (χ0n) is 9.71. The summed E-state index contributed by atoms with van der Waals surface area (Å²) in [5.74, 6) is 0.278. The molecule has 7 nitrogen and oxygen atoms in total. The lowest BCUT2D eigenvalue weighted by Crippen LogP contribution is -2.26. The Bertz CT molecular complexity index is 494. The second-order valence-electron chi connectivity index (χ2n) is 3.44. The summed E-state index contributed by atoms with van der Waals surface area (Å²) in [6, 6.07) is 0.0891. The normalized spacial score (nSPS) is 11.3. The van der Waals surface area contributed by atoms with Crippen molar-refractivity contribution in [3.05, 3.63) is 5.28 Å². The highest BCUT2D eigenvalue weighted by atomic mass is 35.5. The third-order valence-corrected chi connectivity index (χ3v) is 2.99. The molecule has 0 unspecified atom stereocenters. The number of halogens is 1. The van der Waals surface area contributed by atoms with Crippen LogP contribution in [-0.2, 0) is 9.84 Å². The molecule has 0 aliphatic carbocycles. The van der Waals surface area contributed by atoms with Crippen LogP contribution in [0.25, 0.3) is 0 Å². The number of methoxy groups -OCH3 is 1. The van der Waals surface area contributed by atoms with Gasteiger partial charge in [0.1, 0.15) is 9.84 Å². The van der Waals surface area contributed by atoms with E-state index >= 15 is 0 Å². The third kappa shape index (κ3) is 4.70. The Kier molecular flexibility index (Phi) is 4.47. The molecule has 1 heterocycles. The van der Waals surface area contributed by atoms with E-state index in [9.17, 15) is 8.42 Å². The first-order chi connectivity index (χ1) is 7.81. The van der Waals surface area contributed by atoms with Gasteiger partial charge in [0.15, 0.2) is 0 Å².